The van der Waals surface area contributed by atoms with Crippen molar-refractivity contribution < 1.29 is 18.0 Å². The molecular weight excluding hydrogens is 316 g/mol. The van der Waals surface area contributed by atoms with Crippen molar-refractivity contribution in [3.05, 3.63) is 29.3 Å². The van der Waals surface area contributed by atoms with Crippen LogP contribution in [0.3, 0.4) is 0 Å². The van der Waals surface area contributed by atoms with Crippen molar-refractivity contribution in [1.82, 2.24) is 4.90 Å². The highest BCUT2D eigenvalue weighted by atomic mass is 32.2. The molecule has 0 saturated carbocycles. The normalized spacial score (nSPS) is 18.7. The van der Waals surface area contributed by atoms with E-state index in [4.69, 9.17) is 5.73 Å². The lowest BCUT2D eigenvalue weighted by Crippen LogP contribution is -2.52. The Hall–Kier alpha value is -1.89. The maximum atomic E-state index is 12.5. The summed E-state index contributed by atoms with van der Waals surface area (Å²) in [5.74, 6) is -1.78. The lowest BCUT2D eigenvalue weighted by atomic mass is 10.0. The SMILES string of the molecule is Cc1ccc(S(=O)(=O)CC(=O)N2CCCCC2C(N)=O)cc1C. The maximum Gasteiger partial charge on any atom is 0.240 e. The molecule has 6 nitrogen and oxygen atoms in total. The van der Waals surface area contributed by atoms with Gasteiger partial charge in [0.1, 0.15) is 11.8 Å². The summed E-state index contributed by atoms with van der Waals surface area (Å²) in [6, 6.07) is 4.10. The number of sulfone groups is 1. The zero-order chi connectivity index (χ0) is 17.2. The minimum Gasteiger partial charge on any atom is -0.368 e. The molecule has 1 fully saturated rings. The Kier molecular flexibility index (Phi) is 5.09. The van der Waals surface area contributed by atoms with Gasteiger partial charge in [0.05, 0.1) is 4.90 Å². The van der Waals surface area contributed by atoms with E-state index in [1.807, 2.05) is 13.8 Å². The standard InChI is InChI=1S/C16H22N2O4S/c1-11-6-7-13(9-12(11)2)23(21,22)10-15(19)18-8-4-3-5-14(18)16(17)20/h6-7,9,14H,3-5,8,10H2,1-2H3,(H2,17,20). The molecule has 23 heavy (non-hydrogen) atoms. The van der Waals surface area contributed by atoms with Crippen LogP contribution in [0.5, 0.6) is 0 Å². The predicted molar refractivity (Wildman–Crippen MR) is 86.5 cm³/mol. The summed E-state index contributed by atoms with van der Waals surface area (Å²) >= 11 is 0. The molecule has 1 aromatic carbocycles. The van der Waals surface area contributed by atoms with E-state index in [9.17, 15) is 18.0 Å². The quantitative estimate of drug-likeness (QED) is 0.883. The number of amides is 2. The first kappa shape index (κ1) is 17.5. The number of benzene rings is 1. The van der Waals surface area contributed by atoms with Crippen molar-refractivity contribution in [1.29, 1.82) is 0 Å². The third-order valence-corrected chi connectivity index (χ3v) is 5.90. The Morgan fingerprint density at radius 1 is 1.22 bits per heavy atom. The first-order valence-electron chi connectivity index (χ1n) is 7.61. The van der Waals surface area contributed by atoms with E-state index in [0.717, 1.165) is 24.0 Å². The fourth-order valence-electron chi connectivity index (χ4n) is 2.76. The smallest absolute Gasteiger partial charge is 0.240 e. The number of nitrogens with zero attached hydrogens (tertiary/aromatic N) is 1. The molecule has 1 aliphatic heterocycles. The van der Waals surface area contributed by atoms with E-state index in [1.54, 1.807) is 12.1 Å². The second-order valence-electron chi connectivity index (χ2n) is 6.01. The molecule has 1 aliphatic rings. The molecule has 1 aromatic rings. The Balaban J connectivity index is 2.20. The Morgan fingerprint density at radius 3 is 2.52 bits per heavy atom. The summed E-state index contributed by atoms with van der Waals surface area (Å²) in [4.78, 5) is 25.3. The van der Waals surface area contributed by atoms with E-state index in [-0.39, 0.29) is 4.90 Å². The largest absolute Gasteiger partial charge is 0.368 e. The Morgan fingerprint density at radius 2 is 1.91 bits per heavy atom. The van der Waals surface area contributed by atoms with Gasteiger partial charge >= 0.3 is 0 Å². The maximum absolute atomic E-state index is 12.5. The molecule has 0 spiro atoms. The minimum atomic E-state index is -3.74. The topological polar surface area (TPSA) is 97.5 Å². The second-order valence-corrected chi connectivity index (χ2v) is 8.00. The summed E-state index contributed by atoms with van der Waals surface area (Å²) in [6.07, 6.45) is 2.05. The molecule has 0 radical (unpaired) electrons. The van der Waals surface area contributed by atoms with E-state index in [2.05, 4.69) is 0 Å². The first-order valence-corrected chi connectivity index (χ1v) is 9.26. The number of rotatable bonds is 4. The average Bonchev–Trinajstić information content (AvgIpc) is 2.49. The number of nitrogens with two attached hydrogens (primary N) is 1. The summed E-state index contributed by atoms with van der Waals surface area (Å²) in [7, 11) is -3.74. The van der Waals surface area contributed by atoms with Crippen molar-refractivity contribution >= 4 is 21.7 Å². The number of primary amides is 1. The van der Waals surface area contributed by atoms with Crippen LogP contribution in [0, 0.1) is 13.8 Å². The highest BCUT2D eigenvalue weighted by Gasteiger charge is 2.33. The monoisotopic (exact) mass is 338 g/mol. The van der Waals surface area contributed by atoms with Crippen molar-refractivity contribution in [2.24, 2.45) is 5.73 Å². The number of aryl methyl sites for hydroxylation is 2. The number of carbonyl (C=O) groups is 2. The Bertz CT molecular complexity index is 728. The molecule has 126 valence electrons. The van der Waals surface area contributed by atoms with Gasteiger partial charge < -0.3 is 10.6 Å². The molecule has 1 saturated heterocycles. The van der Waals surface area contributed by atoms with Gasteiger partial charge in [0.2, 0.25) is 11.8 Å². The van der Waals surface area contributed by atoms with Crippen molar-refractivity contribution in [2.75, 3.05) is 12.3 Å². The van der Waals surface area contributed by atoms with Crippen molar-refractivity contribution in [3.8, 4) is 0 Å². The number of carbonyl (C=O) groups excluding carboxylic acids is 2. The van der Waals surface area contributed by atoms with Gasteiger partial charge in [-0.15, -0.1) is 0 Å². The van der Waals surface area contributed by atoms with Crippen molar-refractivity contribution in [3.63, 3.8) is 0 Å². The lowest BCUT2D eigenvalue weighted by molar-refractivity contribution is -0.139. The second kappa shape index (κ2) is 6.70. The summed E-state index contributed by atoms with van der Waals surface area (Å²) in [6.45, 7) is 4.08. The fourth-order valence-corrected chi connectivity index (χ4v) is 4.05. The van der Waals surface area contributed by atoms with Gasteiger partial charge in [-0.1, -0.05) is 6.07 Å². The van der Waals surface area contributed by atoms with Gasteiger partial charge in [0.15, 0.2) is 9.84 Å². The van der Waals surface area contributed by atoms with Crippen LogP contribution in [0.15, 0.2) is 23.1 Å². The average molecular weight is 338 g/mol. The highest BCUT2D eigenvalue weighted by Crippen LogP contribution is 2.20. The third-order valence-electron chi connectivity index (χ3n) is 4.30. The van der Waals surface area contributed by atoms with Crippen LogP contribution in [0.25, 0.3) is 0 Å². The molecule has 0 bridgehead atoms. The van der Waals surface area contributed by atoms with Crippen molar-refractivity contribution in [2.45, 2.75) is 44.0 Å². The molecule has 1 atom stereocenters. The van der Waals surface area contributed by atoms with Gasteiger partial charge in [0.25, 0.3) is 0 Å². The molecule has 0 aromatic heterocycles. The molecule has 1 unspecified atom stereocenters. The summed E-state index contributed by atoms with van der Waals surface area (Å²) in [5, 5.41) is 0. The molecule has 2 amide bonds. The number of piperidine rings is 1. The van der Waals surface area contributed by atoms with Gasteiger partial charge in [-0.05, 0) is 56.4 Å². The third kappa shape index (κ3) is 3.90. The van der Waals surface area contributed by atoms with Crippen LogP contribution < -0.4 is 5.73 Å². The van der Waals surface area contributed by atoms with E-state index in [0.29, 0.717) is 13.0 Å². The molecule has 7 heteroatoms. The lowest BCUT2D eigenvalue weighted by Gasteiger charge is -2.33. The fraction of sp³-hybridized carbons (Fsp3) is 0.500. The highest BCUT2D eigenvalue weighted by molar-refractivity contribution is 7.92. The molecular formula is C16H22N2O4S. The van der Waals surface area contributed by atoms with Crippen LogP contribution in [0.1, 0.15) is 30.4 Å². The molecule has 1 heterocycles. The van der Waals surface area contributed by atoms with Crippen LogP contribution in [0.4, 0.5) is 0 Å². The van der Waals surface area contributed by atoms with Gasteiger partial charge in [-0.25, -0.2) is 8.42 Å². The van der Waals surface area contributed by atoms with E-state index in [1.165, 1.54) is 11.0 Å². The van der Waals surface area contributed by atoms with Crippen LogP contribution in [0.2, 0.25) is 0 Å². The zero-order valence-electron chi connectivity index (χ0n) is 13.4. The number of hydrogen-bond acceptors (Lipinski definition) is 4. The molecule has 2 rings (SSSR count). The van der Waals surface area contributed by atoms with E-state index >= 15 is 0 Å². The predicted octanol–water partition coefficient (Wildman–Crippen LogP) is 0.944. The van der Waals surface area contributed by atoms with Gasteiger partial charge in [-0.2, -0.15) is 0 Å². The summed E-state index contributed by atoms with van der Waals surface area (Å²) < 4.78 is 24.9. The molecule has 0 aliphatic carbocycles. The van der Waals surface area contributed by atoms with Crippen LogP contribution in [-0.2, 0) is 19.4 Å². The van der Waals surface area contributed by atoms with Gasteiger partial charge in [0, 0.05) is 6.54 Å². The first-order chi connectivity index (χ1) is 10.7. The Labute approximate surface area is 136 Å². The van der Waals surface area contributed by atoms with Crippen LogP contribution >= 0.6 is 0 Å². The van der Waals surface area contributed by atoms with Crippen LogP contribution in [-0.4, -0.2) is 43.5 Å². The van der Waals surface area contributed by atoms with E-state index < -0.39 is 33.4 Å². The minimum absolute atomic E-state index is 0.126. The molecule has 2 N–H and O–H groups in total. The van der Waals surface area contributed by atoms with Gasteiger partial charge in [-0.3, -0.25) is 9.59 Å². The zero-order valence-corrected chi connectivity index (χ0v) is 14.2. The number of likely N-dealkylation sites (tertiary alicyclic amines) is 1. The number of hydrogen-bond donors (Lipinski definition) is 1. The summed E-state index contributed by atoms with van der Waals surface area (Å²) in [5.41, 5.74) is 7.16.